The first-order valence-electron chi connectivity index (χ1n) is 11.4. The third-order valence-electron chi connectivity index (χ3n) is 5.92. The minimum atomic E-state index is -0.228. The zero-order valence-electron chi connectivity index (χ0n) is 19.0. The van der Waals surface area contributed by atoms with E-state index in [1.807, 2.05) is 54.6 Å². The van der Waals surface area contributed by atoms with E-state index >= 15 is 0 Å². The predicted octanol–water partition coefficient (Wildman–Crippen LogP) is 5.18. The molecule has 5 aromatic rings. The van der Waals surface area contributed by atoms with Crippen LogP contribution >= 0.6 is 0 Å². The second-order valence-electron chi connectivity index (χ2n) is 8.41. The van der Waals surface area contributed by atoms with Crippen molar-refractivity contribution in [1.82, 2.24) is 15.0 Å². The molecule has 1 aliphatic heterocycles. The lowest BCUT2D eigenvalue weighted by atomic mass is 10.1. The van der Waals surface area contributed by atoms with Gasteiger partial charge >= 0.3 is 0 Å². The number of pyridine rings is 1. The average Bonchev–Trinajstić information content (AvgIpc) is 3.04. The number of carbonyl (C=O) groups excluding carboxylic acids is 2. The van der Waals surface area contributed by atoms with E-state index in [1.165, 1.54) is 0 Å². The molecule has 6 rings (SSSR count). The fourth-order valence-corrected chi connectivity index (χ4v) is 4.17. The number of para-hydroxylation sites is 2. The van der Waals surface area contributed by atoms with E-state index in [-0.39, 0.29) is 18.2 Å². The molecule has 0 radical (unpaired) electrons. The summed E-state index contributed by atoms with van der Waals surface area (Å²) in [4.78, 5) is 38.4. The molecule has 8 nitrogen and oxygen atoms in total. The maximum atomic E-state index is 12.7. The van der Waals surface area contributed by atoms with Crippen molar-refractivity contribution in [2.75, 3.05) is 16.0 Å². The van der Waals surface area contributed by atoms with Gasteiger partial charge in [-0.3, -0.25) is 14.6 Å². The van der Waals surface area contributed by atoms with Crippen molar-refractivity contribution in [3.05, 3.63) is 102 Å². The van der Waals surface area contributed by atoms with Crippen LogP contribution in [-0.2, 0) is 11.2 Å². The van der Waals surface area contributed by atoms with Gasteiger partial charge in [0.05, 0.1) is 35.2 Å². The molecule has 174 valence electrons. The second-order valence-corrected chi connectivity index (χ2v) is 8.41. The largest absolute Gasteiger partial charge is 0.325 e. The summed E-state index contributed by atoms with van der Waals surface area (Å²) < 4.78 is 0. The number of hydrogen-bond acceptors (Lipinski definition) is 6. The molecule has 0 spiro atoms. The summed E-state index contributed by atoms with van der Waals surface area (Å²) in [5.74, 6) is 0.0740. The van der Waals surface area contributed by atoms with Gasteiger partial charge in [0.2, 0.25) is 11.9 Å². The molecule has 3 aromatic carbocycles. The van der Waals surface area contributed by atoms with Gasteiger partial charge in [-0.2, -0.15) is 0 Å². The lowest BCUT2D eigenvalue weighted by Gasteiger charge is -2.11. The van der Waals surface area contributed by atoms with E-state index in [0.29, 0.717) is 22.9 Å². The molecular formula is C28H20N6O2. The molecule has 8 heteroatoms. The molecular weight excluding hydrogens is 452 g/mol. The minimum Gasteiger partial charge on any atom is -0.325 e. The normalized spacial score (nSPS) is 12.2. The SMILES string of the molecule is O=C1Cc2cnc(Nc3ccc(C(=O)Nc4cnc5ccccc5c4)cc3)nc2-c2ccccc2N1. The molecule has 2 aromatic heterocycles. The van der Waals surface area contributed by atoms with Crippen LogP contribution in [0.25, 0.3) is 22.2 Å². The van der Waals surface area contributed by atoms with Crippen molar-refractivity contribution in [2.24, 2.45) is 0 Å². The van der Waals surface area contributed by atoms with Crippen LogP contribution in [0.4, 0.5) is 23.0 Å². The van der Waals surface area contributed by atoms with Gasteiger partial charge in [-0.25, -0.2) is 9.97 Å². The Morgan fingerprint density at radius 3 is 2.56 bits per heavy atom. The fourth-order valence-electron chi connectivity index (χ4n) is 4.17. The highest BCUT2D eigenvalue weighted by Gasteiger charge is 2.20. The first-order chi connectivity index (χ1) is 17.6. The van der Waals surface area contributed by atoms with Gasteiger partial charge in [-0.05, 0) is 42.5 Å². The van der Waals surface area contributed by atoms with Crippen molar-refractivity contribution >= 4 is 45.7 Å². The standard InChI is InChI=1S/C28H20N6O2/c35-25-14-19-15-30-28(34-26(19)22-6-2-4-8-24(22)33-25)32-20-11-9-17(10-12-20)27(36)31-21-13-18-5-1-3-7-23(18)29-16-21/h1-13,15-16H,14H2,(H,31,36)(H,33,35)(H,30,32,34). The predicted molar refractivity (Wildman–Crippen MR) is 139 cm³/mol. The number of nitrogens with one attached hydrogen (secondary N) is 3. The topological polar surface area (TPSA) is 109 Å². The van der Waals surface area contributed by atoms with E-state index in [0.717, 1.165) is 33.4 Å². The molecule has 2 amide bonds. The maximum absolute atomic E-state index is 12.7. The van der Waals surface area contributed by atoms with Gasteiger partial charge in [-0.1, -0.05) is 36.4 Å². The Labute approximate surface area is 206 Å². The summed E-state index contributed by atoms with van der Waals surface area (Å²) in [6.07, 6.45) is 3.53. The monoisotopic (exact) mass is 472 g/mol. The zero-order chi connectivity index (χ0) is 24.5. The highest BCUT2D eigenvalue weighted by atomic mass is 16.2. The summed E-state index contributed by atoms with van der Waals surface area (Å²) in [5, 5.41) is 9.94. The second kappa shape index (κ2) is 8.92. The Kier molecular flexibility index (Phi) is 5.31. The van der Waals surface area contributed by atoms with Crippen LogP contribution in [0, 0.1) is 0 Å². The zero-order valence-corrected chi connectivity index (χ0v) is 19.0. The summed E-state index contributed by atoms with van der Waals surface area (Å²) in [6.45, 7) is 0. The van der Waals surface area contributed by atoms with Gasteiger partial charge < -0.3 is 16.0 Å². The minimum absolute atomic E-state index is 0.0983. The number of amides is 2. The van der Waals surface area contributed by atoms with Gasteiger partial charge in [0.25, 0.3) is 5.91 Å². The molecule has 0 atom stereocenters. The van der Waals surface area contributed by atoms with Crippen LogP contribution in [0.2, 0.25) is 0 Å². The smallest absolute Gasteiger partial charge is 0.255 e. The summed E-state index contributed by atoms with van der Waals surface area (Å²) in [5.41, 5.74) is 5.79. The van der Waals surface area contributed by atoms with E-state index < -0.39 is 0 Å². The molecule has 36 heavy (non-hydrogen) atoms. The number of anilines is 4. The number of fused-ring (bicyclic) bond motifs is 4. The van der Waals surface area contributed by atoms with Crippen LogP contribution in [0.15, 0.2) is 91.3 Å². The van der Waals surface area contributed by atoms with Crippen LogP contribution in [0.1, 0.15) is 15.9 Å². The highest BCUT2D eigenvalue weighted by Crippen LogP contribution is 2.32. The molecule has 0 saturated carbocycles. The number of benzene rings is 3. The molecule has 3 N–H and O–H groups in total. The van der Waals surface area contributed by atoms with Crippen LogP contribution in [-0.4, -0.2) is 26.8 Å². The van der Waals surface area contributed by atoms with Crippen LogP contribution < -0.4 is 16.0 Å². The average molecular weight is 473 g/mol. The molecule has 1 aliphatic rings. The number of hydrogen-bond donors (Lipinski definition) is 3. The summed E-state index contributed by atoms with van der Waals surface area (Å²) in [7, 11) is 0. The first kappa shape index (κ1) is 21.4. The van der Waals surface area contributed by atoms with Gasteiger partial charge in [0, 0.05) is 34.0 Å². The first-order valence-corrected chi connectivity index (χ1v) is 11.4. The summed E-state index contributed by atoms with van der Waals surface area (Å²) in [6, 6.07) is 24.3. The lowest BCUT2D eigenvalue weighted by molar-refractivity contribution is -0.115. The van der Waals surface area contributed by atoms with Crippen LogP contribution in [0.5, 0.6) is 0 Å². The highest BCUT2D eigenvalue weighted by molar-refractivity contribution is 6.05. The third kappa shape index (κ3) is 4.23. The summed E-state index contributed by atoms with van der Waals surface area (Å²) >= 11 is 0. The number of carbonyl (C=O) groups is 2. The van der Waals surface area contributed by atoms with Crippen molar-refractivity contribution in [1.29, 1.82) is 0 Å². The van der Waals surface area contributed by atoms with Gasteiger partial charge in [-0.15, -0.1) is 0 Å². The van der Waals surface area contributed by atoms with Crippen molar-refractivity contribution < 1.29 is 9.59 Å². The Bertz CT molecular complexity index is 1630. The van der Waals surface area contributed by atoms with Gasteiger partial charge in [0.15, 0.2) is 0 Å². The molecule has 0 fully saturated rings. The molecule has 0 aliphatic carbocycles. The Balaban J connectivity index is 1.20. The molecule has 3 heterocycles. The number of nitrogens with zero attached hydrogens (tertiary/aromatic N) is 3. The molecule has 0 bridgehead atoms. The van der Waals surface area contributed by atoms with Crippen molar-refractivity contribution in [2.45, 2.75) is 6.42 Å². The molecule has 0 unspecified atom stereocenters. The Morgan fingerprint density at radius 1 is 0.861 bits per heavy atom. The van der Waals surface area contributed by atoms with E-state index in [2.05, 4.69) is 30.9 Å². The Hall–Kier alpha value is -5.11. The Morgan fingerprint density at radius 2 is 1.67 bits per heavy atom. The van der Waals surface area contributed by atoms with Crippen molar-refractivity contribution in [3.63, 3.8) is 0 Å². The fraction of sp³-hybridized carbons (Fsp3) is 0.0357. The lowest BCUT2D eigenvalue weighted by Crippen LogP contribution is -2.12. The van der Waals surface area contributed by atoms with E-state index in [9.17, 15) is 9.59 Å². The van der Waals surface area contributed by atoms with E-state index in [1.54, 1.807) is 36.7 Å². The van der Waals surface area contributed by atoms with Crippen molar-refractivity contribution in [3.8, 4) is 11.3 Å². The number of rotatable bonds is 4. The maximum Gasteiger partial charge on any atom is 0.255 e. The van der Waals surface area contributed by atoms with Crippen LogP contribution in [0.3, 0.4) is 0 Å². The van der Waals surface area contributed by atoms with Gasteiger partial charge in [0.1, 0.15) is 0 Å². The van der Waals surface area contributed by atoms with E-state index in [4.69, 9.17) is 0 Å². The molecule has 0 saturated heterocycles. The quantitative estimate of drug-likeness (QED) is 0.332. The number of aromatic nitrogens is 3. The third-order valence-corrected chi connectivity index (χ3v) is 5.92.